The van der Waals surface area contributed by atoms with Gasteiger partial charge in [0.15, 0.2) is 0 Å². The number of thioether (sulfide) groups is 1. The number of fused-ring (bicyclic) bond motifs is 2. The van der Waals surface area contributed by atoms with Crippen LogP contribution in [0.2, 0.25) is 0 Å². The molecule has 0 radical (unpaired) electrons. The number of imidazole rings is 1. The Morgan fingerprint density at radius 1 is 1.39 bits per heavy atom. The fraction of sp³-hybridized carbons (Fsp3) is 0.500. The molecule has 0 spiro atoms. The summed E-state index contributed by atoms with van der Waals surface area (Å²) in [7, 11) is 0. The number of hydrogen-bond donors (Lipinski definition) is 2. The fourth-order valence-corrected chi connectivity index (χ4v) is 5.84. The molecule has 3 heterocycles. The first kappa shape index (κ1) is 22.2. The van der Waals surface area contributed by atoms with Crippen molar-refractivity contribution in [3.8, 4) is 0 Å². The van der Waals surface area contributed by atoms with Crippen molar-refractivity contribution in [2.24, 2.45) is 5.92 Å². The van der Waals surface area contributed by atoms with Gasteiger partial charge in [0.1, 0.15) is 17.8 Å². The molecule has 2 aliphatic rings. The van der Waals surface area contributed by atoms with Crippen molar-refractivity contribution in [2.75, 3.05) is 6.61 Å². The Morgan fingerprint density at radius 2 is 2.07 bits per heavy atom. The van der Waals surface area contributed by atoms with Crippen LogP contribution >= 0.6 is 11.8 Å². The number of carbonyl (C=O) groups excluding carboxylic acids is 2. The van der Waals surface area contributed by atoms with Gasteiger partial charge in [0.2, 0.25) is 5.91 Å². The summed E-state index contributed by atoms with van der Waals surface area (Å²) in [5, 5.41) is 31.5. The van der Waals surface area contributed by atoms with Crippen molar-refractivity contribution in [3.05, 3.63) is 30.1 Å². The number of carboxylic acids is 1. The number of aromatic nitrogens is 2. The van der Waals surface area contributed by atoms with Gasteiger partial charge in [-0.2, -0.15) is 0 Å². The Kier molecular flexibility index (Phi) is 6.34. The third-order valence-corrected chi connectivity index (χ3v) is 6.91. The van der Waals surface area contributed by atoms with E-state index in [-0.39, 0.29) is 64.5 Å². The van der Waals surface area contributed by atoms with Crippen LogP contribution < -0.4 is 56.5 Å². The molecule has 4 atom stereocenters. The molecule has 2 aliphatic heterocycles. The van der Waals surface area contributed by atoms with Crippen LogP contribution in [0.5, 0.6) is 0 Å². The van der Waals surface area contributed by atoms with Gasteiger partial charge in [-0.15, -0.1) is 11.8 Å². The second-order valence-electron chi connectivity index (χ2n) is 7.38. The SMILES string of the molecule is CC1(C)S[C@@H]2[C@H]([C@H](O)c3nc4ccccc4n3CCO)C(=O)N2[C@H]1C(=O)[O-].[K+]. The summed E-state index contributed by atoms with van der Waals surface area (Å²) in [6.07, 6.45) is -1.19. The monoisotopic (exact) mass is 429 g/mol. The van der Waals surface area contributed by atoms with Crippen LogP contribution in [0, 0.1) is 5.92 Å². The number of para-hydroxylation sites is 2. The summed E-state index contributed by atoms with van der Waals surface area (Å²) < 4.78 is 0.996. The first-order valence-corrected chi connectivity index (χ1v) is 9.61. The fourth-order valence-electron chi connectivity index (χ4n) is 4.13. The number of benzene rings is 1. The van der Waals surface area contributed by atoms with Gasteiger partial charge < -0.3 is 29.6 Å². The van der Waals surface area contributed by atoms with E-state index in [0.29, 0.717) is 11.3 Å². The molecule has 2 fully saturated rings. The average Bonchev–Trinajstić information content (AvgIpc) is 3.08. The third kappa shape index (κ3) is 3.27. The van der Waals surface area contributed by atoms with Gasteiger partial charge in [-0.1, -0.05) is 12.1 Å². The molecule has 1 amide bonds. The van der Waals surface area contributed by atoms with E-state index >= 15 is 0 Å². The van der Waals surface area contributed by atoms with Crippen molar-refractivity contribution >= 4 is 34.7 Å². The zero-order valence-electron chi connectivity index (χ0n) is 15.9. The summed E-state index contributed by atoms with van der Waals surface area (Å²) in [5.41, 5.74) is 1.42. The number of hydrogen-bond acceptors (Lipinski definition) is 7. The van der Waals surface area contributed by atoms with E-state index in [0.717, 1.165) is 5.52 Å². The standard InChI is InChI=1S/C18H21N3O5S.K/c1-18(2)13(17(25)26)21-15(24)11(16(21)27-18)12(23)14-19-9-5-3-4-6-10(9)20(14)7-8-22;/h3-6,11-13,16,22-23H,7-8H2,1-2H3,(H,25,26);/q;+1/p-1/t11-,12+,13+,16-;/m1./s1. The summed E-state index contributed by atoms with van der Waals surface area (Å²) in [4.78, 5) is 30.0. The van der Waals surface area contributed by atoms with E-state index in [1.165, 1.54) is 16.7 Å². The van der Waals surface area contributed by atoms with Crippen LogP contribution in [0.25, 0.3) is 11.0 Å². The van der Waals surface area contributed by atoms with Crippen molar-refractivity contribution < 1.29 is 76.3 Å². The molecule has 1 aromatic heterocycles. The largest absolute Gasteiger partial charge is 1.00 e. The Hall–Kier alpha value is -0.464. The van der Waals surface area contributed by atoms with Crippen LogP contribution in [0.3, 0.4) is 0 Å². The van der Waals surface area contributed by atoms with E-state index in [1.54, 1.807) is 24.5 Å². The second kappa shape index (κ2) is 7.99. The minimum absolute atomic E-state index is 0. The molecule has 28 heavy (non-hydrogen) atoms. The molecular weight excluding hydrogens is 409 g/mol. The van der Waals surface area contributed by atoms with Crippen LogP contribution in [0.4, 0.5) is 0 Å². The normalized spacial score (nSPS) is 26.5. The zero-order valence-corrected chi connectivity index (χ0v) is 19.8. The van der Waals surface area contributed by atoms with Crippen molar-refractivity contribution in [1.82, 2.24) is 14.5 Å². The van der Waals surface area contributed by atoms with E-state index in [9.17, 15) is 24.9 Å². The molecule has 0 unspecified atom stereocenters. The number of rotatable bonds is 5. The van der Waals surface area contributed by atoms with Crippen molar-refractivity contribution in [1.29, 1.82) is 0 Å². The number of carbonyl (C=O) groups is 2. The molecule has 0 saturated carbocycles. The van der Waals surface area contributed by atoms with Gasteiger partial charge in [0.25, 0.3) is 0 Å². The first-order valence-electron chi connectivity index (χ1n) is 8.73. The van der Waals surface area contributed by atoms with Crippen LogP contribution in [-0.2, 0) is 16.1 Å². The topological polar surface area (TPSA) is 119 Å². The Labute approximate surface area is 208 Å². The maximum absolute atomic E-state index is 12.7. The minimum Gasteiger partial charge on any atom is -0.548 e. The predicted molar refractivity (Wildman–Crippen MR) is 96.4 cm³/mol. The van der Waals surface area contributed by atoms with Crippen LogP contribution in [0.15, 0.2) is 24.3 Å². The van der Waals surface area contributed by atoms with E-state index in [1.807, 2.05) is 18.2 Å². The zero-order chi connectivity index (χ0) is 19.5. The molecular formula is C18H20KN3O5S. The first-order chi connectivity index (χ1) is 12.8. The summed E-state index contributed by atoms with van der Waals surface area (Å²) in [6, 6.07) is 6.27. The number of nitrogens with zero attached hydrogens (tertiary/aromatic N) is 3. The molecule has 2 aromatic rings. The summed E-state index contributed by atoms with van der Waals surface area (Å²) in [5.74, 6) is -2.18. The maximum atomic E-state index is 12.7. The van der Waals surface area contributed by atoms with Crippen molar-refractivity contribution in [3.63, 3.8) is 0 Å². The maximum Gasteiger partial charge on any atom is 1.00 e. The van der Waals surface area contributed by atoms with Gasteiger partial charge in [0, 0.05) is 11.3 Å². The summed E-state index contributed by atoms with van der Waals surface area (Å²) in [6.45, 7) is 3.62. The molecule has 4 rings (SSSR count). The number of β-lactam (4-membered cyclic amide) rings is 1. The number of amides is 1. The Morgan fingerprint density at radius 3 is 2.71 bits per heavy atom. The Bertz CT molecular complexity index is 933. The van der Waals surface area contributed by atoms with Gasteiger partial charge in [0.05, 0.1) is 35.0 Å². The average molecular weight is 430 g/mol. The van der Waals surface area contributed by atoms with Gasteiger partial charge in [-0.3, -0.25) is 4.79 Å². The molecule has 1 aromatic carbocycles. The molecule has 2 N–H and O–H groups in total. The summed E-state index contributed by atoms with van der Waals surface area (Å²) >= 11 is 1.35. The predicted octanol–water partition coefficient (Wildman–Crippen LogP) is -3.51. The van der Waals surface area contributed by atoms with E-state index < -0.39 is 40.1 Å². The van der Waals surface area contributed by atoms with Gasteiger partial charge in [-0.25, -0.2) is 4.98 Å². The molecule has 8 nitrogen and oxygen atoms in total. The quantitative estimate of drug-likeness (QED) is 0.374. The van der Waals surface area contributed by atoms with Crippen LogP contribution in [0.1, 0.15) is 25.8 Å². The van der Waals surface area contributed by atoms with Crippen molar-refractivity contribution in [2.45, 2.75) is 42.7 Å². The number of carboxylic acid groups (broad SMARTS) is 1. The smallest absolute Gasteiger partial charge is 0.548 e. The molecule has 144 valence electrons. The third-order valence-electron chi connectivity index (χ3n) is 5.32. The van der Waals surface area contributed by atoms with E-state index in [2.05, 4.69) is 4.98 Å². The number of aliphatic hydroxyl groups excluding tert-OH is 2. The molecule has 10 heteroatoms. The van der Waals surface area contributed by atoms with E-state index in [4.69, 9.17) is 0 Å². The second-order valence-corrected chi connectivity index (χ2v) is 9.15. The molecule has 0 aliphatic carbocycles. The molecule has 0 bridgehead atoms. The Balaban J connectivity index is 0.00000225. The minimum atomic E-state index is -1.29. The van der Waals surface area contributed by atoms with Gasteiger partial charge in [-0.05, 0) is 26.0 Å². The number of aliphatic carboxylic acids is 1. The van der Waals surface area contributed by atoms with Gasteiger partial charge >= 0.3 is 51.4 Å². The van der Waals surface area contributed by atoms with Crippen LogP contribution in [-0.4, -0.2) is 59.3 Å². The molecule has 2 saturated heterocycles. The number of aliphatic hydroxyl groups is 2.